The minimum atomic E-state index is -0.281. The molecule has 0 aliphatic heterocycles. The average Bonchev–Trinajstić information content (AvgIpc) is 2.90. The third-order valence-corrected chi connectivity index (χ3v) is 12.0. The summed E-state index contributed by atoms with van der Waals surface area (Å²) in [6.45, 7) is 10.6. The summed E-state index contributed by atoms with van der Waals surface area (Å²) < 4.78 is 13.0. The van der Waals surface area contributed by atoms with Crippen LogP contribution in [0.3, 0.4) is 0 Å². The van der Waals surface area contributed by atoms with Crippen LogP contribution in [0.2, 0.25) is 0 Å². The molecule has 0 N–H and O–H groups in total. The van der Waals surface area contributed by atoms with Crippen LogP contribution >= 0.6 is 0 Å². The molecule has 0 aromatic rings. The van der Waals surface area contributed by atoms with Crippen molar-refractivity contribution in [2.24, 2.45) is 59.2 Å². The van der Waals surface area contributed by atoms with Gasteiger partial charge < -0.3 is 9.47 Å². The first-order valence-electron chi connectivity index (χ1n) is 16.6. The Morgan fingerprint density at radius 2 is 1.18 bits per heavy atom. The van der Waals surface area contributed by atoms with Crippen molar-refractivity contribution in [3.63, 3.8) is 0 Å². The largest absolute Gasteiger partial charge is 0.462 e. The van der Waals surface area contributed by atoms with E-state index in [-0.39, 0.29) is 35.5 Å². The first-order chi connectivity index (χ1) is 18.2. The van der Waals surface area contributed by atoms with E-state index in [1.54, 1.807) is 0 Å². The molecule has 1 atom stereocenters. The van der Waals surface area contributed by atoms with Gasteiger partial charge in [-0.25, -0.2) is 0 Å². The third-order valence-electron chi connectivity index (χ3n) is 12.0. The molecular formula is C34H56O4. The summed E-state index contributed by atoms with van der Waals surface area (Å²) in [6, 6.07) is 0. The maximum absolute atomic E-state index is 13.6. The zero-order valence-electron chi connectivity index (χ0n) is 25.1. The Bertz CT molecular complexity index is 770. The predicted molar refractivity (Wildman–Crippen MR) is 151 cm³/mol. The van der Waals surface area contributed by atoms with Crippen molar-refractivity contribution in [1.82, 2.24) is 0 Å². The highest BCUT2D eigenvalue weighted by molar-refractivity contribution is 5.72. The lowest BCUT2D eigenvalue weighted by molar-refractivity contribution is -0.238. The SMILES string of the molecule is CC(C)C(=O)OC1(C(C)C)C2CC3CC1CC(C2)C3CC(C)C(=O)OC(C1CCCCC1)C1CCCCC1. The van der Waals surface area contributed by atoms with Crippen LogP contribution in [0.25, 0.3) is 0 Å². The van der Waals surface area contributed by atoms with Crippen molar-refractivity contribution in [3.05, 3.63) is 0 Å². The summed E-state index contributed by atoms with van der Waals surface area (Å²) in [6.07, 6.45) is 18.7. The Balaban J connectivity index is 1.22. The molecule has 6 aliphatic carbocycles. The van der Waals surface area contributed by atoms with Crippen LogP contribution in [0.1, 0.15) is 131 Å². The fourth-order valence-electron chi connectivity index (χ4n) is 10.2. The normalized spacial score (nSPS) is 36.7. The van der Waals surface area contributed by atoms with Gasteiger partial charge in [-0.2, -0.15) is 0 Å². The highest BCUT2D eigenvalue weighted by Crippen LogP contribution is 2.64. The number of hydrogen-bond donors (Lipinski definition) is 0. The zero-order valence-corrected chi connectivity index (χ0v) is 25.1. The number of rotatable bonds is 9. The van der Waals surface area contributed by atoms with E-state index in [9.17, 15) is 9.59 Å². The second kappa shape index (κ2) is 11.8. The van der Waals surface area contributed by atoms with Crippen molar-refractivity contribution < 1.29 is 19.1 Å². The first-order valence-corrected chi connectivity index (χ1v) is 16.6. The zero-order chi connectivity index (χ0) is 27.0. The fourth-order valence-corrected chi connectivity index (χ4v) is 10.2. The first kappa shape index (κ1) is 28.5. The highest BCUT2D eigenvalue weighted by Gasteiger charge is 2.63. The lowest BCUT2D eigenvalue weighted by Gasteiger charge is -2.64. The van der Waals surface area contributed by atoms with Gasteiger partial charge in [-0.1, -0.05) is 73.1 Å². The molecule has 6 aliphatic rings. The Kier molecular flexibility index (Phi) is 8.85. The molecule has 1 unspecified atom stereocenters. The number of esters is 2. The Labute approximate surface area is 232 Å². The number of carbonyl (C=O) groups excluding carboxylic acids is 2. The Morgan fingerprint density at radius 3 is 1.61 bits per heavy atom. The average molecular weight is 529 g/mol. The molecule has 6 rings (SSSR count). The molecule has 4 heteroatoms. The van der Waals surface area contributed by atoms with Gasteiger partial charge in [0.25, 0.3) is 0 Å². The summed E-state index contributed by atoms with van der Waals surface area (Å²) in [4.78, 5) is 26.4. The van der Waals surface area contributed by atoms with Gasteiger partial charge >= 0.3 is 11.9 Å². The van der Waals surface area contributed by atoms with Gasteiger partial charge in [-0.05, 0) is 105 Å². The van der Waals surface area contributed by atoms with Gasteiger partial charge in [0.2, 0.25) is 0 Å². The lowest BCUT2D eigenvalue weighted by Crippen LogP contribution is -2.64. The van der Waals surface area contributed by atoms with Gasteiger partial charge in [0.15, 0.2) is 0 Å². The van der Waals surface area contributed by atoms with E-state index in [0.29, 0.717) is 47.3 Å². The summed E-state index contributed by atoms with van der Waals surface area (Å²) in [5.41, 5.74) is -0.281. The number of ether oxygens (including phenoxy) is 2. The molecule has 0 heterocycles. The monoisotopic (exact) mass is 528 g/mol. The fraction of sp³-hybridized carbons (Fsp3) is 0.941. The van der Waals surface area contributed by atoms with Crippen molar-refractivity contribution >= 4 is 11.9 Å². The van der Waals surface area contributed by atoms with Crippen molar-refractivity contribution in [3.8, 4) is 0 Å². The second-order valence-electron chi connectivity index (χ2n) is 14.9. The maximum Gasteiger partial charge on any atom is 0.308 e. The number of hydrogen-bond acceptors (Lipinski definition) is 4. The van der Waals surface area contributed by atoms with Gasteiger partial charge in [0.05, 0.1) is 11.8 Å². The van der Waals surface area contributed by atoms with Crippen LogP contribution in [-0.2, 0) is 19.1 Å². The summed E-state index contributed by atoms with van der Waals surface area (Å²) in [7, 11) is 0. The molecule has 0 radical (unpaired) electrons. The molecule has 4 bridgehead atoms. The smallest absolute Gasteiger partial charge is 0.308 e. The molecule has 6 fully saturated rings. The van der Waals surface area contributed by atoms with Crippen LogP contribution in [0.4, 0.5) is 0 Å². The van der Waals surface area contributed by atoms with E-state index in [1.807, 2.05) is 13.8 Å². The van der Waals surface area contributed by atoms with Gasteiger partial charge in [0.1, 0.15) is 11.7 Å². The van der Waals surface area contributed by atoms with Crippen molar-refractivity contribution in [1.29, 1.82) is 0 Å². The quantitative estimate of drug-likeness (QED) is 0.282. The van der Waals surface area contributed by atoms with E-state index < -0.39 is 0 Å². The summed E-state index contributed by atoms with van der Waals surface area (Å²) in [5, 5.41) is 0. The molecule has 0 spiro atoms. The standard InChI is InChI=1S/C34H56O4/c1-21(2)32(35)38-34(22(3)4)28-17-26-18-29(34)20-27(19-28)30(26)16-23(5)33(36)37-31(24-12-8-6-9-13-24)25-14-10-7-11-15-25/h21-31H,6-20H2,1-5H3. The van der Waals surface area contributed by atoms with Crippen molar-refractivity contribution in [2.45, 2.75) is 143 Å². The molecule has 6 saturated carbocycles. The Hall–Kier alpha value is -1.06. The van der Waals surface area contributed by atoms with Gasteiger partial charge in [-0.15, -0.1) is 0 Å². The van der Waals surface area contributed by atoms with E-state index in [4.69, 9.17) is 9.47 Å². The van der Waals surface area contributed by atoms with Gasteiger partial charge in [-0.3, -0.25) is 9.59 Å². The number of carbonyl (C=O) groups is 2. The van der Waals surface area contributed by atoms with Crippen LogP contribution in [0.15, 0.2) is 0 Å². The molecular weight excluding hydrogens is 472 g/mol. The minimum Gasteiger partial charge on any atom is -0.462 e. The highest BCUT2D eigenvalue weighted by atomic mass is 16.6. The molecule has 0 amide bonds. The third kappa shape index (κ3) is 5.45. The van der Waals surface area contributed by atoms with E-state index in [0.717, 1.165) is 32.1 Å². The van der Waals surface area contributed by atoms with Crippen LogP contribution in [0.5, 0.6) is 0 Å². The molecule has 0 aromatic heterocycles. The predicted octanol–water partition coefficient (Wildman–Crippen LogP) is 8.36. The molecule has 216 valence electrons. The van der Waals surface area contributed by atoms with Crippen molar-refractivity contribution in [2.75, 3.05) is 0 Å². The second-order valence-corrected chi connectivity index (χ2v) is 14.9. The minimum absolute atomic E-state index is 0.0131. The Morgan fingerprint density at radius 1 is 0.711 bits per heavy atom. The van der Waals surface area contributed by atoms with Crippen LogP contribution < -0.4 is 0 Å². The lowest BCUT2D eigenvalue weighted by atomic mass is 9.44. The van der Waals surface area contributed by atoms with E-state index in [2.05, 4.69) is 20.8 Å². The van der Waals surface area contributed by atoms with Crippen LogP contribution in [0, 0.1) is 59.2 Å². The maximum atomic E-state index is 13.6. The van der Waals surface area contributed by atoms with E-state index in [1.165, 1.54) is 64.2 Å². The molecule has 38 heavy (non-hydrogen) atoms. The van der Waals surface area contributed by atoms with Gasteiger partial charge in [0, 0.05) is 0 Å². The summed E-state index contributed by atoms with van der Waals surface area (Å²) >= 11 is 0. The topological polar surface area (TPSA) is 52.6 Å². The molecule has 4 nitrogen and oxygen atoms in total. The van der Waals surface area contributed by atoms with Crippen LogP contribution in [-0.4, -0.2) is 23.6 Å². The van der Waals surface area contributed by atoms with E-state index >= 15 is 0 Å². The molecule has 0 saturated heterocycles. The summed E-state index contributed by atoms with van der Waals surface area (Å²) in [5.74, 6) is 4.42. The molecule has 0 aromatic carbocycles.